The first-order valence-corrected chi connectivity index (χ1v) is 13.2. The number of fused-ring (bicyclic) bond motifs is 1. The normalized spacial score (nSPS) is 34.4. The van der Waals surface area contributed by atoms with Gasteiger partial charge in [-0.05, 0) is 93.1 Å². The summed E-state index contributed by atoms with van der Waals surface area (Å²) in [5.41, 5.74) is 2.63. The van der Waals surface area contributed by atoms with Crippen molar-refractivity contribution >= 4 is 5.97 Å². The molecule has 0 heterocycles. The minimum absolute atomic E-state index is 0.0593. The van der Waals surface area contributed by atoms with Crippen LogP contribution >= 0.6 is 0 Å². The number of allylic oxidation sites excluding steroid dienone is 3. The summed E-state index contributed by atoms with van der Waals surface area (Å²) in [4.78, 5) is 10.7. The highest BCUT2D eigenvalue weighted by molar-refractivity contribution is 5.66. The highest BCUT2D eigenvalue weighted by atomic mass is 16.5. The van der Waals surface area contributed by atoms with Crippen LogP contribution in [0.4, 0.5) is 0 Å². The Morgan fingerprint density at radius 3 is 2.71 bits per heavy atom. The molecule has 5 unspecified atom stereocenters. The zero-order valence-corrected chi connectivity index (χ0v) is 22.0. The second-order valence-corrected chi connectivity index (χ2v) is 11.6. The van der Waals surface area contributed by atoms with E-state index < -0.39 is 17.7 Å². The van der Waals surface area contributed by atoms with E-state index in [4.69, 9.17) is 9.84 Å². The molecule has 3 aliphatic rings. The van der Waals surface area contributed by atoms with Gasteiger partial charge in [-0.2, -0.15) is 0 Å². The van der Waals surface area contributed by atoms with Crippen LogP contribution in [-0.4, -0.2) is 45.7 Å². The molecule has 3 N–H and O–H groups in total. The summed E-state index contributed by atoms with van der Waals surface area (Å²) < 4.78 is 5.61. The molecule has 5 heteroatoms. The SMILES string of the molecule is C=C1/C(=C\C=C2/CCCC3(C)C2CCC3[C@H](C)CC#CC(C)(C)O)CCC(OCCC(=O)O)C1O. The van der Waals surface area contributed by atoms with Gasteiger partial charge >= 0.3 is 5.97 Å². The molecule has 0 bridgehead atoms. The van der Waals surface area contributed by atoms with Gasteiger partial charge in [0.15, 0.2) is 0 Å². The number of aliphatic hydroxyl groups is 2. The molecule has 0 aliphatic heterocycles. The van der Waals surface area contributed by atoms with E-state index in [-0.39, 0.29) is 24.5 Å². The molecule has 6 atom stereocenters. The highest BCUT2D eigenvalue weighted by Gasteiger charge is 2.50. The van der Waals surface area contributed by atoms with Crippen molar-refractivity contribution in [2.24, 2.45) is 23.2 Å². The zero-order chi connectivity index (χ0) is 25.8. The van der Waals surface area contributed by atoms with E-state index in [1.807, 2.05) is 0 Å². The molecule has 3 saturated carbocycles. The molecule has 194 valence electrons. The van der Waals surface area contributed by atoms with Gasteiger partial charge in [0.25, 0.3) is 0 Å². The Hall–Kier alpha value is -1.87. The van der Waals surface area contributed by atoms with Crippen molar-refractivity contribution in [3.05, 3.63) is 35.5 Å². The number of hydrogen-bond donors (Lipinski definition) is 3. The Labute approximate surface area is 211 Å². The van der Waals surface area contributed by atoms with Gasteiger partial charge in [-0.3, -0.25) is 4.79 Å². The van der Waals surface area contributed by atoms with Gasteiger partial charge in [0.2, 0.25) is 0 Å². The first-order chi connectivity index (χ1) is 16.4. The van der Waals surface area contributed by atoms with Gasteiger partial charge < -0.3 is 20.1 Å². The summed E-state index contributed by atoms with van der Waals surface area (Å²) in [7, 11) is 0. The highest BCUT2D eigenvalue weighted by Crippen LogP contribution is 2.59. The average molecular weight is 485 g/mol. The monoisotopic (exact) mass is 484 g/mol. The molecule has 0 aromatic heterocycles. The minimum atomic E-state index is -0.933. The number of carboxylic acids is 1. The maximum Gasteiger partial charge on any atom is 0.305 e. The largest absolute Gasteiger partial charge is 0.481 e. The van der Waals surface area contributed by atoms with E-state index in [0.29, 0.717) is 29.7 Å². The lowest BCUT2D eigenvalue weighted by molar-refractivity contribution is -0.139. The number of hydrogen-bond acceptors (Lipinski definition) is 4. The maximum absolute atomic E-state index is 10.7. The Kier molecular flexibility index (Phi) is 9.07. The molecule has 0 radical (unpaired) electrons. The summed E-state index contributed by atoms with van der Waals surface area (Å²) in [5.74, 6) is 7.03. The third kappa shape index (κ3) is 6.88. The predicted octanol–water partition coefficient (Wildman–Crippen LogP) is 5.43. The molecular weight excluding hydrogens is 440 g/mol. The maximum atomic E-state index is 10.7. The van der Waals surface area contributed by atoms with Crippen molar-refractivity contribution < 1.29 is 24.9 Å². The summed E-state index contributed by atoms with van der Waals surface area (Å²) in [6, 6.07) is 0. The van der Waals surface area contributed by atoms with Crippen LogP contribution in [0.1, 0.15) is 85.5 Å². The van der Waals surface area contributed by atoms with E-state index in [9.17, 15) is 15.0 Å². The molecule has 0 aromatic carbocycles. The fourth-order valence-corrected chi connectivity index (χ4v) is 6.69. The molecule has 0 spiro atoms. The Balaban J connectivity index is 1.66. The van der Waals surface area contributed by atoms with Crippen LogP contribution in [0.5, 0.6) is 0 Å². The summed E-state index contributed by atoms with van der Waals surface area (Å²) in [6.07, 6.45) is 11.5. The van der Waals surface area contributed by atoms with Gasteiger partial charge in [-0.1, -0.05) is 44.1 Å². The third-order valence-corrected chi connectivity index (χ3v) is 8.51. The smallest absolute Gasteiger partial charge is 0.305 e. The summed E-state index contributed by atoms with van der Waals surface area (Å²) in [5, 5.41) is 29.4. The van der Waals surface area contributed by atoms with E-state index in [1.165, 1.54) is 31.3 Å². The Bertz CT molecular complexity index is 911. The van der Waals surface area contributed by atoms with Crippen LogP contribution in [0.3, 0.4) is 0 Å². The number of aliphatic carboxylic acids is 1. The van der Waals surface area contributed by atoms with Gasteiger partial charge in [0.05, 0.1) is 19.1 Å². The van der Waals surface area contributed by atoms with Crippen molar-refractivity contribution in [2.45, 2.75) is 103 Å². The first kappa shape index (κ1) is 27.7. The molecule has 3 rings (SSSR count). The van der Waals surface area contributed by atoms with Crippen LogP contribution < -0.4 is 0 Å². The van der Waals surface area contributed by atoms with Crippen molar-refractivity contribution in [3.63, 3.8) is 0 Å². The standard InChI is InChI=1S/C30H44O5/c1-20(8-6-17-29(3,4)34)24-13-14-25-23(9-7-18-30(24,25)5)11-10-22-12-15-26(28(33)21(22)2)35-19-16-27(31)32/h10-11,20,24-26,28,33-34H,2,7-9,12-16,18-19H2,1,3-5H3,(H,31,32)/b22-10-,23-11+/t20-,24?,25?,26?,28?,30?/m1/s1. The lowest BCUT2D eigenvalue weighted by Gasteiger charge is -2.44. The lowest BCUT2D eigenvalue weighted by atomic mass is 9.61. The molecule has 0 saturated heterocycles. The van der Waals surface area contributed by atoms with Gasteiger partial charge in [-0.15, -0.1) is 5.92 Å². The second-order valence-electron chi connectivity index (χ2n) is 11.6. The van der Waals surface area contributed by atoms with Crippen molar-refractivity contribution in [1.82, 2.24) is 0 Å². The lowest BCUT2D eigenvalue weighted by Crippen LogP contribution is -2.36. The van der Waals surface area contributed by atoms with E-state index in [2.05, 4.69) is 44.4 Å². The number of ether oxygens (including phenoxy) is 1. The van der Waals surface area contributed by atoms with Crippen LogP contribution in [-0.2, 0) is 9.53 Å². The third-order valence-electron chi connectivity index (χ3n) is 8.51. The van der Waals surface area contributed by atoms with Crippen molar-refractivity contribution in [3.8, 4) is 11.8 Å². The van der Waals surface area contributed by atoms with Crippen LogP contribution in [0.15, 0.2) is 35.5 Å². The van der Waals surface area contributed by atoms with Crippen LogP contribution in [0.25, 0.3) is 0 Å². The number of aliphatic hydroxyl groups excluding tert-OH is 1. The van der Waals surface area contributed by atoms with Crippen LogP contribution in [0, 0.1) is 35.0 Å². The van der Waals surface area contributed by atoms with E-state index >= 15 is 0 Å². The molecule has 5 nitrogen and oxygen atoms in total. The topological polar surface area (TPSA) is 87.0 Å². The predicted molar refractivity (Wildman–Crippen MR) is 139 cm³/mol. The Morgan fingerprint density at radius 1 is 1.29 bits per heavy atom. The van der Waals surface area contributed by atoms with Gasteiger partial charge in [0, 0.05) is 6.42 Å². The first-order valence-electron chi connectivity index (χ1n) is 13.2. The second kappa shape index (κ2) is 11.5. The van der Waals surface area contributed by atoms with E-state index in [1.54, 1.807) is 13.8 Å². The van der Waals surface area contributed by atoms with E-state index in [0.717, 1.165) is 24.8 Å². The van der Waals surface area contributed by atoms with Gasteiger partial charge in [0.1, 0.15) is 11.7 Å². The van der Waals surface area contributed by atoms with Gasteiger partial charge in [-0.25, -0.2) is 0 Å². The fourth-order valence-electron chi connectivity index (χ4n) is 6.69. The number of carbonyl (C=O) groups is 1. The quantitative estimate of drug-likeness (QED) is 0.420. The molecule has 0 amide bonds. The molecule has 3 aliphatic carbocycles. The summed E-state index contributed by atoms with van der Waals surface area (Å²) in [6.45, 7) is 12.5. The zero-order valence-electron chi connectivity index (χ0n) is 22.0. The molecule has 35 heavy (non-hydrogen) atoms. The fraction of sp³-hybridized carbons (Fsp3) is 0.700. The number of carboxylic acid groups (broad SMARTS) is 1. The van der Waals surface area contributed by atoms with Crippen molar-refractivity contribution in [1.29, 1.82) is 0 Å². The van der Waals surface area contributed by atoms with Crippen molar-refractivity contribution in [2.75, 3.05) is 6.61 Å². The molecule has 0 aromatic rings. The van der Waals surface area contributed by atoms with Crippen LogP contribution in [0.2, 0.25) is 0 Å². The molecule has 3 fully saturated rings. The Morgan fingerprint density at radius 2 is 2.03 bits per heavy atom. The molecular formula is C30H44O5. The number of rotatable bonds is 7. The average Bonchev–Trinajstić information content (AvgIpc) is 3.12. The summed E-state index contributed by atoms with van der Waals surface area (Å²) >= 11 is 0. The minimum Gasteiger partial charge on any atom is -0.481 e.